The molecule has 2 aliphatic heterocycles. The number of hydrogen-bond donors (Lipinski definition) is 0. The van der Waals surface area contributed by atoms with Crippen molar-refractivity contribution in [1.82, 2.24) is 14.7 Å². The first-order chi connectivity index (χ1) is 13.6. The van der Waals surface area contributed by atoms with E-state index in [9.17, 15) is 9.59 Å². The zero-order valence-corrected chi connectivity index (χ0v) is 16.5. The molecular formula is C21H28N4O3. The number of benzene rings is 1. The lowest BCUT2D eigenvalue weighted by atomic mass is 9.95. The van der Waals surface area contributed by atoms with Crippen molar-refractivity contribution in [3.05, 3.63) is 29.8 Å². The van der Waals surface area contributed by atoms with Gasteiger partial charge in [-0.3, -0.25) is 9.59 Å². The molecule has 0 atom stereocenters. The molecule has 2 fully saturated rings. The van der Waals surface area contributed by atoms with Gasteiger partial charge in [0.05, 0.1) is 12.5 Å². The van der Waals surface area contributed by atoms with Gasteiger partial charge in [0, 0.05) is 45.2 Å². The summed E-state index contributed by atoms with van der Waals surface area (Å²) in [5.41, 5.74) is 0.924. The molecule has 0 N–H and O–H groups in total. The van der Waals surface area contributed by atoms with Crippen molar-refractivity contribution in [3.8, 4) is 11.8 Å². The number of carbonyl (C=O) groups excluding carboxylic acids is 2. The normalized spacial score (nSPS) is 18.6. The molecule has 2 saturated heterocycles. The molecule has 1 aromatic carbocycles. The lowest BCUT2D eigenvalue weighted by Crippen LogP contribution is -2.51. The van der Waals surface area contributed by atoms with Crippen LogP contribution in [0.3, 0.4) is 0 Å². The fourth-order valence-corrected chi connectivity index (χ4v) is 3.69. The minimum Gasteiger partial charge on any atom is -0.484 e. The molecule has 0 bridgehead atoms. The van der Waals surface area contributed by atoms with Crippen LogP contribution >= 0.6 is 0 Å². The van der Waals surface area contributed by atoms with Gasteiger partial charge in [-0.25, -0.2) is 0 Å². The van der Waals surface area contributed by atoms with E-state index in [1.54, 1.807) is 17.0 Å². The van der Waals surface area contributed by atoms with Crippen molar-refractivity contribution >= 4 is 11.8 Å². The summed E-state index contributed by atoms with van der Waals surface area (Å²) >= 11 is 0. The number of carbonyl (C=O) groups is 2. The van der Waals surface area contributed by atoms with E-state index < -0.39 is 0 Å². The summed E-state index contributed by atoms with van der Waals surface area (Å²) in [4.78, 5) is 31.1. The van der Waals surface area contributed by atoms with E-state index in [-0.39, 0.29) is 24.3 Å². The number of likely N-dealkylation sites (N-methyl/N-ethyl adjacent to an activating group) is 1. The highest BCUT2D eigenvalue weighted by molar-refractivity contribution is 5.80. The predicted octanol–water partition coefficient (Wildman–Crippen LogP) is 1.14. The Labute approximate surface area is 166 Å². The lowest BCUT2D eigenvalue weighted by Gasteiger charge is -2.37. The average molecular weight is 384 g/mol. The zero-order valence-electron chi connectivity index (χ0n) is 16.5. The smallest absolute Gasteiger partial charge is 0.260 e. The second-order valence-corrected chi connectivity index (χ2v) is 7.55. The quantitative estimate of drug-likeness (QED) is 0.761. The molecule has 7 heteroatoms. The van der Waals surface area contributed by atoms with Crippen LogP contribution in [-0.4, -0.2) is 79.4 Å². The molecule has 2 aliphatic rings. The van der Waals surface area contributed by atoms with Crippen LogP contribution in [0.2, 0.25) is 0 Å². The van der Waals surface area contributed by atoms with Crippen LogP contribution in [0.25, 0.3) is 0 Å². The van der Waals surface area contributed by atoms with Gasteiger partial charge in [0.1, 0.15) is 5.75 Å². The Balaban J connectivity index is 1.41. The van der Waals surface area contributed by atoms with E-state index in [0.717, 1.165) is 44.6 Å². The molecule has 0 radical (unpaired) electrons. The lowest BCUT2D eigenvalue weighted by molar-refractivity contribution is -0.142. The van der Waals surface area contributed by atoms with Crippen molar-refractivity contribution in [2.24, 2.45) is 5.92 Å². The van der Waals surface area contributed by atoms with E-state index >= 15 is 0 Å². The molecule has 0 unspecified atom stereocenters. The second-order valence-electron chi connectivity index (χ2n) is 7.55. The Kier molecular flexibility index (Phi) is 6.88. The summed E-state index contributed by atoms with van der Waals surface area (Å²) in [6, 6.07) is 9.32. The van der Waals surface area contributed by atoms with E-state index in [1.807, 2.05) is 17.0 Å². The minimum absolute atomic E-state index is 0.00529. The number of nitriles is 1. The van der Waals surface area contributed by atoms with Crippen LogP contribution in [0.1, 0.15) is 18.4 Å². The number of piperidine rings is 1. The maximum Gasteiger partial charge on any atom is 0.260 e. The standard InChI is InChI=1S/C21H28N4O3/c1-23-12-14-25(15-13-23)21(27)18-7-10-24(11-8-18)20(26)16-28-19-4-2-17(3-5-19)6-9-22/h2-5,18H,6-8,10-16H2,1H3. The number of piperazine rings is 1. The first-order valence-corrected chi connectivity index (χ1v) is 9.90. The van der Waals surface area contributed by atoms with E-state index in [2.05, 4.69) is 18.0 Å². The summed E-state index contributed by atoms with van der Waals surface area (Å²) in [6.45, 7) is 4.66. The molecule has 150 valence electrons. The molecule has 1 aromatic rings. The molecule has 0 aromatic heterocycles. The number of rotatable bonds is 5. The van der Waals surface area contributed by atoms with Crippen molar-refractivity contribution in [3.63, 3.8) is 0 Å². The summed E-state index contributed by atoms with van der Waals surface area (Å²) in [6.07, 6.45) is 1.81. The Morgan fingerprint density at radius 1 is 1.04 bits per heavy atom. The van der Waals surface area contributed by atoms with Gasteiger partial charge in [-0.05, 0) is 37.6 Å². The molecule has 0 spiro atoms. The number of likely N-dealkylation sites (tertiary alicyclic amines) is 1. The molecule has 2 heterocycles. The monoisotopic (exact) mass is 384 g/mol. The number of hydrogen-bond acceptors (Lipinski definition) is 5. The van der Waals surface area contributed by atoms with E-state index in [4.69, 9.17) is 10.00 Å². The van der Waals surface area contributed by atoms with Gasteiger partial charge in [0.15, 0.2) is 6.61 Å². The highest BCUT2D eigenvalue weighted by Crippen LogP contribution is 2.21. The third kappa shape index (κ3) is 5.23. The van der Waals surface area contributed by atoms with Crippen molar-refractivity contribution in [2.45, 2.75) is 19.3 Å². The average Bonchev–Trinajstić information content (AvgIpc) is 2.73. The molecule has 0 aliphatic carbocycles. The number of ether oxygens (including phenoxy) is 1. The van der Waals surface area contributed by atoms with Gasteiger partial charge in [-0.15, -0.1) is 0 Å². The Morgan fingerprint density at radius 2 is 1.68 bits per heavy atom. The van der Waals surface area contributed by atoms with Crippen molar-refractivity contribution in [2.75, 3.05) is 52.9 Å². The summed E-state index contributed by atoms with van der Waals surface area (Å²) < 4.78 is 5.58. The van der Waals surface area contributed by atoms with Crippen LogP contribution in [0, 0.1) is 17.2 Å². The van der Waals surface area contributed by atoms with Crippen LogP contribution < -0.4 is 4.74 Å². The van der Waals surface area contributed by atoms with Gasteiger partial charge >= 0.3 is 0 Å². The number of nitrogens with zero attached hydrogens (tertiary/aromatic N) is 4. The first-order valence-electron chi connectivity index (χ1n) is 9.90. The largest absolute Gasteiger partial charge is 0.484 e. The van der Waals surface area contributed by atoms with Crippen LogP contribution in [0.5, 0.6) is 5.75 Å². The van der Waals surface area contributed by atoms with Crippen molar-refractivity contribution in [1.29, 1.82) is 5.26 Å². The zero-order chi connectivity index (χ0) is 19.9. The van der Waals surface area contributed by atoms with Gasteiger partial charge in [0.2, 0.25) is 5.91 Å². The highest BCUT2D eigenvalue weighted by atomic mass is 16.5. The second kappa shape index (κ2) is 9.56. The molecular weight excluding hydrogens is 356 g/mol. The molecule has 7 nitrogen and oxygen atoms in total. The predicted molar refractivity (Wildman–Crippen MR) is 105 cm³/mol. The third-order valence-electron chi connectivity index (χ3n) is 5.58. The third-order valence-corrected chi connectivity index (χ3v) is 5.58. The molecule has 3 rings (SSSR count). The van der Waals surface area contributed by atoms with Gasteiger partial charge in [-0.1, -0.05) is 12.1 Å². The maximum absolute atomic E-state index is 12.7. The van der Waals surface area contributed by atoms with E-state index in [1.165, 1.54) is 0 Å². The van der Waals surface area contributed by atoms with Gasteiger partial charge < -0.3 is 19.4 Å². The highest BCUT2D eigenvalue weighted by Gasteiger charge is 2.31. The number of amides is 2. The Hall–Kier alpha value is -2.59. The van der Waals surface area contributed by atoms with Crippen LogP contribution in [0.15, 0.2) is 24.3 Å². The summed E-state index contributed by atoms with van der Waals surface area (Å²) in [5.74, 6) is 0.844. The Morgan fingerprint density at radius 3 is 2.29 bits per heavy atom. The van der Waals surface area contributed by atoms with Gasteiger partial charge in [0.25, 0.3) is 5.91 Å². The summed E-state index contributed by atoms with van der Waals surface area (Å²) in [7, 11) is 2.08. The maximum atomic E-state index is 12.7. The minimum atomic E-state index is -0.0494. The SMILES string of the molecule is CN1CCN(C(=O)C2CCN(C(=O)COc3ccc(CC#N)cc3)CC2)CC1. The molecule has 28 heavy (non-hydrogen) atoms. The fraction of sp³-hybridized carbons (Fsp3) is 0.571. The molecule has 2 amide bonds. The topological polar surface area (TPSA) is 76.9 Å². The van der Waals surface area contributed by atoms with Crippen LogP contribution in [-0.2, 0) is 16.0 Å². The van der Waals surface area contributed by atoms with E-state index in [0.29, 0.717) is 25.3 Å². The fourth-order valence-electron chi connectivity index (χ4n) is 3.69. The Bertz CT molecular complexity index is 712. The summed E-state index contributed by atoms with van der Waals surface area (Å²) in [5, 5.41) is 8.69. The molecule has 0 saturated carbocycles. The van der Waals surface area contributed by atoms with Crippen molar-refractivity contribution < 1.29 is 14.3 Å². The first kappa shape index (κ1) is 20.2. The van der Waals surface area contributed by atoms with Gasteiger partial charge in [-0.2, -0.15) is 5.26 Å². The van der Waals surface area contributed by atoms with Crippen LogP contribution in [0.4, 0.5) is 0 Å².